The minimum absolute atomic E-state index is 0. The van der Waals surface area contributed by atoms with Gasteiger partial charge >= 0.3 is 0 Å². The molecule has 1 heteroatoms. The molecule has 0 bridgehead atoms. The molecule has 0 aliphatic heterocycles. The lowest BCUT2D eigenvalue weighted by atomic mass is 10.1. The highest BCUT2D eigenvalue weighted by Gasteiger charge is 1.89. The fraction of sp³-hybridized carbons (Fsp3) is 0.400. The van der Waals surface area contributed by atoms with E-state index in [-0.39, 0.29) is 14.9 Å². The van der Waals surface area contributed by atoms with E-state index in [0.29, 0.717) is 0 Å². The second kappa shape index (κ2) is 4.78. The van der Waals surface area contributed by atoms with Crippen molar-refractivity contribution in [3.05, 3.63) is 29.3 Å². The predicted octanol–water partition coefficient (Wildman–Crippen LogP) is 3.16. The van der Waals surface area contributed by atoms with Gasteiger partial charge in [0.15, 0.2) is 0 Å². The number of nitrogens with two attached hydrogens (primary N) is 1. The molecule has 0 aliphatic carbocycles. The Labute approximate surface area is 70.2 Å². The summed E-state index contributed by atoms with van der Waals surface area (Å²) >= 11 is 0. The van der Waals surface area contributed by atoms with Crippen molar-refractivity contribution in [3.63, 3.8) is 0 Å². The number of anilines is 1. The van der Waals surface area contributed by atoms with Gasteiger partial charge in [0.25, 0.3) is 0 Å². The van der Waals surface area contributed by atoms with Crippen molar-refractivity contribution in [1.29, 1.82) is 0 Å². The lowest BCUT2D eigenvalue weighted by Crippen LogP contribution is -1.88. The van der Waals surface area contributed by atoms with Gasteiger partial charge in [-0.15, -0.1) is 0 Å². The van der Waals surface area contributed by atoms with Crippen LogP contribution in [0.4, 0.5) is 5.69 Å². The molecule has 0 amide bonds. The van der Waals surface area contributed by atoms with E-state index in [0.717, 1.165) is 11.3 Å². The van der Waals surface area contributed by atoms with Gasteiger partial charge in [0.2, 0.25) is 0 Å². The molecule has 1 aromatic carbocycles. The maximum absolute atomic E-state index is 5.59. The van der Waals surface area contributed by atoms with E-state index in [1.807, 2.05) is 19.1 Å². The molecule has 2 N–H and O–H groups in total. The molecule has 0 aliphatic rings. The average Bonchev–Trinajstić information content (AvgIpc) is 1.80. The SMILES string of the molecule is C.C.Cc1ccc(N)c(C)c1. The Kier molecular flexibility index (Phi) is 5.50. The normalized spacial score (nSPS) is 7.82. The average molecular weight is 153 g/mol. The smallest absolute Gasteiger partial charge is 0.0343 e. The van der Waals surface area contributed by atoms with Crippen LogP contribution < -0.4 is 5.73 Å². The topological polar surface area (TPSA) is 26.0 Å². The van der Waals surface area contributed by atoms with Crippen molar-refractivity contribution in [2.45, 2.75) is 28.7 Å². The van der Waals surface area contributed by atoms with E-state index in [1.54, 1.807) is 0 Å². The molecule has 0 atom stereocenters. The van der Waals surface area contributed by atoms with Crippen molar-refractivity contribution in [3.8, 4) is 0 Å². The van der Waals surface area contributed by atoms with Gasteiger partial charge in [-0.25, -0.2) is 0 Å². The summed E-state index contributed by atoms with van der Waals surface area (Å²) in [5.41, 5.74) is 8.89. The Hall–Kier alpha value is -0.980. The number of aryl methyl sites for hydroxylation is 2. The Morgan fingerprint density at radius 1 is 1.09 bits per heavy atom. The zero-order valence-electron chi connectivity index (χ0n) is 5.81. The summed E-state index contributed by atoms with van der Waals surface area (Å²) in [6.07, 6.45) is 0. The van der Waals surface area contributed by atoms with Gasteiger partial charge in [0.1, 0.15) is 0 Å². The van der Waals surface area contributed by atoms with Crippen LogP contribution in [0.1, 0.15) is 26.0 Å². The van der Waals surface area contributed by atoms with Crippen molar-refractivity contribution in [1.82, 2.24) is 0 Å². The van der Waals surface area contributed by atoms with E-state index >= 15 is 0 Å². The van der Waals surface area contributed by atoms with Gasteiger partial charge in [-0.1, -0.05) is 32.5 Å². The van der Waals surface area contributed by atoms with Gasteiger partial charge in [-0.05, 0) is 25.5 Å². The third-order valence-corrected chi connectivity index (χ3v) is 1.43. The Morgan fingerprint density at radius 2 is 1.64 bits per heavy atom. The molecule has 1 rings (SSSR count). The van der Waals surface area contributed by atoms with Crippen molar-refractivity contribution in [2.24, 2.45) is 0 Å². The lowest BCUT2D eigenvalue weighted by molar-refractivity contribution is 1.39. The number of rotatable bonds is 0. The summed E-state index contributed by atoms with van der Waals surface area (Å²) in [6.45, 7) is 4.08. The van der Waals surface area contributed by atoms with Crippen LogP contribution in [0.25, 0.3) is 0 Å². The first-order chi connectivity index (χ1) is 4.20. The third kappa shape index (κ3) is 3.08. The molecule has 0 saturated carbocycles. The van der Waals surface area contributed by atoms with Crippen LogP contribution in [0, 0.1) is 13.8 Å². The highest BCUT2D eigenvalue weighted by Crippen LogP contribution is 2.10. The quantitative estimate of drug-likeness (QED) is 0.569. The van der Waals surface area contributed by atoms with E-state index < -0.39 is 0 Å². The third-order valence-electron chi connectivity index (χ3n) is 1.43. The van der Waals surface area contributed by atoms with Crippen LogP contribution in [-0.2, 0) is 0 Å². The molecule has 0 spiro atoms. The number of benzene rings is 1. The molecule has 0 saturated heterocycles. The molecule has 11 heavy (non-hydrogen) atoms. The second-order valence-electron chi connectivity index (χ2n) is 2.36. The molecule has 0 heterocycles. The largest absolute Gasteiger partial charge is 0.399 e. The standard InChI is InChI=1S/C8H11N.2CH4/c1-6-3-4-8(9)7(2)5-6;;/h3-5H,9H2,1-2H3;2*1H4. The molecule has 0 fully saturated rings. The van der Waals surface area contributed by atoms with E-state index in [1.165, 1.54) is 5.56 Å². The molecule has 64 valence electrons. The molecule has 1 aromatic rings. The lowest BCUT2D eigenvalue weighted by Gasteiger charge is -1.98. The van der Waals surface area contributed by atoms with E-state index in [4.69, 9.17) is 5.73 Å². The maximum atomic E-state index is 5.59. The van der Waals surface area contributed by atoms with Crippen molar-refractivity contribution < 1.29 is 0 Å². The molecule has 0 radical (unpaired) electrons. The first-order valence-electron chi connectivity index (χ1n) is 3.03. The first-order valence-corrected chi connectivity index (χ1v) is 3.03. The van der Waals surface area contributed by atoms with Gasteiger partial charge in [0.05, 0.1) is 0 Å². The van der Waals surface area contributed by atoms with Crippen molar-refractivity contribution in [2.75, 3.05) is 5.73 Å². The monoisotopic (exact) mass is 153 g/mol. The molecular formula is C10H19N. The second-order valence-corrected chi connectivity index (χ2v) is 2.36. The molecule has 1 nitrogen and oxygen atoms in total. The summed E-state index contributed by atoms with van der Waals surface area (Å²) in [4.78, 5) is 0. The summed E-state index contributed by atoms with van der Waals surface area (Å²) in [5.74, 6) is 0. The van der Waals surface area contributed by atoms with Crippen LogP contribution >= 0.6 is 0 Å². The molecular weight excluding hydrogens is 134 g/mol. The van der Waals surface area contributed by atoms with Crippen LogP contribution in [0.5, 0.6) is 0 Å². The molecule has 0 unspecified atom stereocenters. The van der Waals surface area contributed by atoms with Gasteiger partial charge in [0, 0.05) is 5.69 Å². The number of hydrogen-bond acceptors (Lipinski definition) is 1. The highest BCUT2D eigenvalue weighted by molar-refractivity contribution is 5.47. The number of nitrogen functional groups attached to an aromatic ring is 1. The zero-order chi connectivity index (χ0) is 6.85. The Balaban J connectivity index is 0. The van der Waals surface area contributed by atoms with Crippen molar-refractivity contribution >= 4 is 5.69 Å². The van der Waals surface area contributed by atoms with Crippen LogP contribution in [0.3, 0.4) is 0 Å². The highest BCUT2D eigenvalue weighted by atomic mass is 14.5. The predicted molar refractivity (Wildman–Crippen MR) is 53.8 cm³/mol. The van der Waals surface area contributed by atoms with Crippen LogP contribution in [-0.4, -0.2) is 0 Å². The van der Waals surface area contributed by atoms with Gasteiger partial charge in [-0.3, -0.25) is 0 Å². The fourth-order valence-corrected chi connectivity index (χ4v) is 0.826. The zero-order valence-corrected chi connectivity index (χ0v) is 5.81. The Morgan fingerprint density at radius 3 is 2.00 bits per heavy atom. The summed E-state index contributed by atoms with van der Waals surface area (Å²) in [7, 11) is 0. The van der Waals surface area contributed by atoms with E-state index in [2.05, 4.69) is 13.0 Å². The minimum Gasteiger partial charge on any atom is -0.399 e. The van der Waals surface area contributed by atoms with Crippen LogP contribution in [0.2, 0.25) is 0 Å². The van der Waals surface area contributed by atoms with E-state index in [9.17, 15) is 0 Å². The summed E-state index contributed by atoms with van der Waals surface area (Å²) < 4.78 is 0. The summed E-state index contributed by atoms with van der Waals surface area (Å²) in [5, 5.41) is 0. The summed E-state index contributed by atoms with van der Waals surface area (Å²) in [6, 6.07) is 6.03. The molecule has 0 aromatic heterocycles. The minimum atomic E-state index is 0. The fourth-order valence-electron chi connectivity index (χ4n) is 0.826. The Bertz CT molecular complexity index is 216. The first kappa shape index (κ1) is 12.7. The number of hydrogen-bond donors (Lipinski definition) is 1. The van der Waals surface area contributed by atoms with Gasteiger partial charge < -0.3 is 5.73 Å². The van der Waals surface area contributed by atoms with Crippen LogP contribution in [0.15, 0.2) is 18.2 Å². The van der Waals surface area contributed by atoms with Gasteiger partial charge in [-0.2, -0.15) is 0 Å². The maximum Gasteiger partial charge on any atom is 0.0343 e.